The van der Waals surface area contributed by atoms with Crippen molar-refractivity contribution < 1.29 is 0 Å². The number of nitrogens with one attached hydrogen (secondary N) is 1. The smallest absolute Gasteiger partial charge is 0.153 e. The van der Waals surface area contributed by atoms with E-state index in [4.69, 9.17) is 0 Å². The number of rotatable bonds is 3. The fourth-order valence-corrected chi connectivity index (χ4v) is 2.50. The van der Waals surface area contributed by atoms with Gasteiger partial charge in [0.25, 0.3) is 0 Å². The molecule has 3 heteroatoms. The average Bonchev–Trinajstić information content (AvgIpc) is 2.56. The highest BCUT2D eigenvalue weighted by Gasteiger charge is 2.15. The van der Waals surface area contributed by atoms with Gasteiger partial charge in [-0.25, -0.2) is 4.98 Å². The van der Waals surface area contributed by atoms with Crippen molar-refractivity contribution in [1.29, 1.82) is 0 Å². The van der Waals surface area contributed by atoms with Crippen molar-refractivity contribution >= 4 is 0 Å². The van der Waals surface area contributed by atoms with Crippen LogP contribution in [0.3, 0.4) is 0 Å². The summed E-state index contributed by atoms with van der Waals surface area (Å²) in [5.41, 5.74) is 0. The topological polar surface area (TPSA) is 41.6 Å². The third kappa shape index (κ3) is 3.06. The van der Waals surface area contributed by atoms with Crippen molar-refractivity contribution in [1.82, 2.24) is 15.2 Å². The van der Waals surface area contributed by atoms with Crippen LogP contribution in [0.5, 0.6) is 0 Å². The molecule has 0 radical (unpaired) electrons. The van der Waals surface area contributed by atoms with E-state index in [0.717, 1.165) is 24.0 Å². The Morgan fingerprint density at radius 1 is 1.19 bits per heavy atom. The summed E-state index contributed by atoms with van der Waals surface area (Å²) < 4.78 is 0. The minimum atomic E-state index is 0.430. The van der Waals surface area contributed by atoms with Crippen LogP contribution >= 0.6 is 0 Å². The fraction of sp³-hybridized carbons (Fsp3) is 0.846. The Kier molecular flexibility index (Phi) is 3.97. The highest BCUT2D eigenvalue weighted by Crippen LogP contribution is 2.25. The Morgan fingerprint density at radius 3 is 2.44 bits per heavy atom. The van der Waals surface area contributed by atoms with E-state index in [2.05, 4.69) is 29.0 Å². The maximum atomic E-state index is 4.57. The molecule has 0 aliphatic heterocycles. The molecule has 0 atom stereocenters. The summed E-state index contributed by atoms with van der Waals surface area (Å²) >= 11 is 0. The monoisotopic (exact) mass is 221 g/mol. The van der Waals surface area contributed by atoms with Gasteiger partial charge < -0.3 is 0 Å². The van der Waals surface area contributed by atoms with E-state index in [9.17, 15) is 0 Å². The Hall–Kier alpha value is -0.860. The van der Waals surface area contributed by atoms with Gasteiger partial charge in [0.15, 0.2) is 5.82 Å². The van der Waals surface area contributed by atoms with Crippen molar-refractivity contribution in [3.63, 3.8) is 0 Å². The first kappa shape index (κ1) is 11.6. The van der Waals surface area contributed by atoms with Gasteiger partial charge in [-0.3, -0.25) is 5.10 Å². The summed E-state index contributed by atoms with van der Waals surface area (Å²) in [6.07, 6.45) is 9.48. The molecule has 1 saturated carbocycles. The zero-order chi connectivity index (χ0) is 11.4. The number of H-pyrrole nitrogens is 1. The van der Waals surface area contributed by atoms with Gasteiger partial charge in [0.05, 0.1) is 0 Å². The molecule has 1 aromatic rings. The molecule has 1 fully saturated rings. The molecule has 1 aliphatic rings. The maximum absolute atomic E-state index is 4.57. The number of nitrogens with zero attached hydrogens (tertiary/aromatic N) is 2. The lowest BCUT2D eigenvalue weighted by atomic mass is 9.96. The van der Waals surface area contributed by atoms with Crippen molar-refractivity contribution in [2.75, 3.05) is 0 Å². The summed E-state index contributed by atoms with van der Waals surface area (Å²) in [5.74, 6) is 3.31. The van der Waals surface area contributed by atoms with Crippen LogP contribution in [0, 0.1) is 5.92 Å². The average molecular weight is 221 g/mol. The minimum absolute atomic E-state index is 0.430. The number of hydrogen-bond donors (Lipinski definition) is 1. The molecule has 2 rings (SSSR count). The van der Waals surface area contributed by atoms with E-state index in [1.54, 1.807) is 0 Å². The van der Waals surface area contributed by atoms with Crippen LogP contribution in [0.15, 0.2) is 0 Å². The predicted octanol–water partition coefficient (Wildman–Crippen LogP) is 3.44. The zero-order valence-electron chi connectivity index (χ0n) is 10.5. The third-order valence-electron chi connectivity index (χ3n) is 3.52. The van der Waals surface area contributed by atoms with E-state index < -0.39 is 0 Å². The second-order valence-corrected chi connectivity index (χ2v) is 5.36. The lowest BCUT2D eigenvalue weighted by Crippen LogP contribution is -2.04. The molecule has 90 valence electrons. The first-order chi connectivity index (χ1) is 7.75. The number of hydrogen-bond acceptors (Lipinski definition) is 2. The van der Waals surface area contributed by atoms with Gasteiger partial charge in [-0.1, -0.05) is 52.4 Å². The molecule has 0 amide bonds. The van der Waals surface area contributed by atoms with E-state index >= 15 is 0 Å². The van der Waals surface area contributed by atoms with Gasteiger partial charge in [0, 0.05) is 12.3 Å². The van der Waals surface area contributed by atoms with Gasteiger partial charge in [0.2, 0.25) is 0 Å². The molecule has 0 aromatic carbocycles. The molecule has 1 aromatic heterocycles. The van der Waals surface area contributed by atoms with E-state index in [1.165, 1.54) is 38.5 Å². The summed E-state index contributed by atoms with van der Waals surface area (Å²) in [4.78, 5) is 4.57. The summed E-state index contributed by atoms with van der Waals surface area (Å²) in [6.45, 7) is 4.28. The van der Waals surface area contributed by atoms with Crippen LogP contribution in [-0.4, -0.2) is 15.2 Å². The van der Waals surface area contributed by atoms with Crippen molar-refractivity contribution in [3.8, 4) is 0 Å². The van der Waals surface area contributed by atoms with Gasteiger partial charge in [-0.05, 0) is 5.92 Å². The molecule has 0 bridgehead atoms. The molecule has 0 unspecified atom stereocenters. The Bertz CT molecular complexity index is 309. The summed E-state index contributed by atoms with van der Waals surface area (Å²) in [7, 11) is 0. The van der Waals surface area contributed by atoms with E-state index in [0.29, 0.717) is 5.92 Å². The molecule has 1 heterocycles. The molecule has 3 nitrogen and oxygen atoms in total. The molecular weight excluding hydrogens is 198 g/mol. The first-order valence-corrected chi connectivity index (χ1v) is 6.67. The quantitative estimate of drug-likeness (QED) is 0.794. The normalized spacial score (nSPS) is 18.9. The van der Waals surface area contributed by atoms with Crippen LogP contribution < -0.4 is 0 Å². The molecule has 16 heavy (non-hydrogen) atoms. The van der Waals surface area contributed by atoms with Gasteiger partial charge in [0.1, 0.15) is 5.82 Å². The van der Waals surface area contributed by atoms with Crippen LogP contribution in [0.4, 0.5) is 0 Å². The Labute approximate surface area is 98.1 Å². The summed E-state index contributed by atoms with van der Waals surface area (Å²) in [5, 5.41) is 7.36. The van der Waals surface area contributed by atoms with Gasteiger partial charge in [-0.15, -0.1) is 0 Å². The van der Waals surface area contributed by atoms with Crippen LogP contribution in [0.25, 0.3) is 0 Å². The molecule has 0 spiro atoms. The van der Waals surface area contributed by atoms with E-state index in [-0.39, 0.29) is 0 Å². The van der Waals surface area contributed by atoms with Crippen LogP contribution in [0.1, 0.15) is 69.9 Å². The zero-order valence-corrected chi connectivity index (χ0v) is 10.5. The predicted molar refractivity (Wildman–Crippen MR) is 65.4 cm³/mol. The first-order valence-electron chi connectivity index (χ1n) is 6.67. The van der Waals surface area contributed by atoms with Crippen LogP contribution in [0.2, 0.25) is 0 Å². The minimum Gasteiger partial charge on any atom is -0.263 e. The number of aromatic nitrogens is 3. The van der Waals surface area contributed by atoms with Crippen molar-refractivity contribution in [2.45, 2.75) is 64.7 Å². The molecule has 0 saturated heterocycles. The molecule has 1 N–H and O–H groups in total. The molecular formula is C13H23N3. The van der Waals surface area contributed by atoms with Crippen molar-refractivity contribution in [3.05, 3.63) is 11.6 Å². The van der Waals surface area contributed by atoms with Gasteiger partial charge in [-0.2, -0.15) is 5.10 Å². The van der Waals surface area contributed by atoms with Crippen LogP contribution in [-0.2, 0) is 6.42 Å². The SMILES string of the molecule is CC(C)c1n[nH]c(CC2CCCCCC2)n1. The maximum Gasteiger partial charge on any atom is 0.153 e. The largest absolute Gasteiger partial charge is 0.263 e. The highest BCUT2D eigenvalue weighted by atomic mass is 15.2. The third-order valence-corrected chi connectivity index (χ3v) is 3.52. The molecule has 1 aliphatic carbocycles. The lowest BCUT2D eigenvalue weighted by Gasteiger charge is -2.10. The second kappa shape index (κ2) is 5.46. The van der Waals surface area contributed by atoms with E-state index in [1.807, 2.05) is 0 Å². The van der Waals surface area contributed by atoms with Crippen molar-refractivity contribution in [2.24, 2.45) is 5.92 Å². The highest BCUT2D eigenvalue weighted by molar-refractivity contribution is 4.96. The van der Waals surface area contributed by atoms with Gasteiger partial charge >= 0.3 is 0 Å². The number of aromatic amines is 1. The Morgan fingerprint density at radius 2 is 1.88 bits per heavy atom. The standard InChI is InChI=1S/C13H23N3/c1-10(2)13-14-12(15-16-13)9-11-7-5-3-4-6-8-11/h10-11H,3-9H2,1-2H3,(H,14,15,16). The second-order valence-electron chi connectivity index (χ2n) is 5.36. The Balaban J connectivity index is 1.91. The summed E-state index contributed by atoms with van der Waals surface area (Å²) in [6, 6.07) is 0. The lowest BCUT2D eigenvalue weighted by molar-refractivity contribution is 0.448. The fourth-order valence-electron chi connectivity index (χ4n) is 2.50.